The molecule has 0 saturated carbocycles. The fraction of sp³-hybridized carbons (Fsp3) is 0.667. The summed E-state index contributed by atoms with van der Waals surface area (Å²) in [5.74, 6) is 1.05. The van der Waals surface area contributed by atoms with Crippen LogP contribution in [0.3, 0.4) is 0 Å². The third-order valence-electron chi connectivity index (χ3n) is 3.13. The Morgan fingerprint density at radius 1 is 1.28 bits per heavy atom. The van der Waals surface area contributed by atoms with E-state index in [1.54, 1.807) is 0 Å². The van der Waals surface area contributed by atoms with Gasteiger partial charge in [-0.1, -0.05) is 26.8 Å². The van der Waals surface area contributed by atoms with E-state index in [2.05, 4.69) is 56.6 Å². The van der Waals surface area contributed by atoms with Gasteiger partial charge in [0.1, 0.15) is 5.82 Å². The quantitative estimate of drug-likeness (QED) is 0.872. The van der Waals surface area contributed by atoms with Crippen LogP contribution in [0.1, 0.15) is 46.6 Å². The SMILES string of the molecule is CC(C)N(CCCN)c1ccc(C(C)(C)C)cn1. The summed E-state index contributed by atoms with van der Waals surface area (Å²) in [4.78, 5) is 6.91. The Labute approximate surface area is 111 Å². The number of hydrogen-bond donors (Lipinski definition) is 1. The first-order valence-corrected chi connectivity index (χ1v) is 6.79. The largest absolute Gasteiger partial charge is 0.354 e. The van der Waals surface area contributed by atoms with Crippen molar-refractivity contribution >= 4 is 5.82 Å². The van der Waals surface area contributed by atoms with Crippen LogP contribution in [0.15, 0.2) is 18.3 Å². The maximum Gasteiger partial charge on any atom is 0.128 e. The zero-order chi connectivity index (χ0) is 13.8. The summed E-state index contributed by atoms with van der Waals surface area (Å²) in [6.07, 6.45) is 2.99. The van der Waals surface area contributed by atoms with Crippen molar-refractivity contribution in [3.63, 3.8) is 0 Å². The normalized spacial score (nSPS) is 11.9. The van der Waals surface area contributed by atoms with E-state index in [1.165, 1.54) is 5.56 Å². The maximum atomic E-state index is 5.59. The highest BCUT2D eigenvalue weighted by atomic mass is 15.2. The minimum absolute atomic E-state index is 0.158. The number of pyridine rings is 1. The molecule has 1 aromatic heterocycles. The molecule has 3 nitrogen and oxygen atoms in total. The predicted molar refractivity (Wildman–Crippen MR) is 79.1 cm³/mol. The standard InChI is InChI=1S/C15H27N3/c1-12(2)18(10-6-9-16)14-8-7-13(11-17-14)15(3,4)5/h7-8,11-12H,6,9-10,16H2,1-5H3. The molecule has 18 heavy (non-hydrogen) atoms. The van der Waals surface area contributed by atoms with Gasteiger partial charge in [-0.15, -0.1) is 0 Å². The van der Waals surface area contributed by atoms with Crippen molar-refractivity contribution in [3.05, 3.63) is 23.9 Å². The molecule has 0 atom stereocenters. The topological polar surface area (TPSA) is 42.1 Å². The Morgan fingerprint density at radius 2 is 1.94 bits per heavy atom. The summed E-state index contributed by atoms with van der Waals surface area (Å²) < 4.78 is 0. The highest BCUT2D eigenvalue weighted by Crippen LogP contribution is 2.23. The second kappa shape index (κ2) is 6.19. The molecule has 1 aromatic rings. The van der Waals surface area contributed by atoms with Gasteiger partial charge in [-0.2, -0.15) is 0 Å². The minimum atomic E-state index is 0.158. The molecule has 0 amide bonds. The van der Waals surface area contributed by atoms with Gasteiger partial charge in [0, 0.05) is 18.8 Å². The van der Waals surface area contributed by atoms with Crippen LogP contribution in [0.25, 0.3) is 0 Å². The van der Waals surface area contributed by atoms with Gasteiger partial charge in [-0.05, 0) is 43.9 Å². The van der Waals surface area contributed by atoms with Gasteiger partial charge in [0.15, 0.2) is 0 Å². The molecular formula is C15H27N3. The first-order chi connectivity index (χ1) is 8.36. The Kier molecular flexibility index (Phi) is 5.15. The van der Waals surface area contributed by atoms with Crippen molar-refractivity contribution in [1.82, 2.24) is 4.98 Å². The van der Waals surface area contributed by atoms with Crippen molar-refractivity contribution in [2.24, 2.45) is 5.73 Å². The van der Waals surface area contributed by atoms with Gasteiger partial charge in [-0.25, -0.2) is 4.98 Å². The Bertz CT molecular complexity index is 349. The van der Waals surface area contributed by atoms with E-state index in [-0.39, 0.29) is 5.41 Å². The molecule has 0 unspecified atom stereocenters. The second-order valence-corrected chi connectivity index (χ2v) is 6.08. The average Bonchev–Trinajstić information content (AvgIpc) is 2.28. The van der Waals surface area contributed by atoms with Gasteiger partial charge in [-0.3, -0.25) is 0 Å². The maximum absolute atomic E-state index is 5.59. The molecule has 0 aliphatic rings. The fourth-order valence-electron chi connectivity index (χ4n) is 1.90. The van der Waals surface area contributed by atoms with E-state index in [1.807, 2.05) is 6.20 Å². The van der Waals surface area contributed by atoms with E-state index in [4.69, 9.17) is 5.73 Å². The average molecular weight is 249 g/mol. The summed E-state index contributed by atoms with van der Waals surface area (Å²) in [6.45, 7) is 12.7. The van der Waals surface area contributed by atoms with Gasteiger partial charge in [0.25, 0.3) is 0 Å². The van der Waals surface area contributed by atoms with E-state index in [0.717, 1.165) is 25.3 Å². The zero-order valence-electron chi connectivity index (χ0n) is 12.4. The predicted octanol–water partition coefficient (Wildman–Crippen LogP) is 2.94. The number of rotatable bonds is 5. The monoisotopic (exact) mass is 249 g/mol. The first kappa shape index (κ1) is 15.0. The summed E-state index contributed by atoms with van der Waals surface area (Å²) >= 11 is 0. The lowest BCUT2D eigenvalue weighted by atomic mass is 9.88. The molecule has 1 rings (SSSR count). The van der Waals surface area contributed by atoms with Crippen molar-refractivity contribution < 1.29 is 0 Å². The van der Waals surface area contributed by atoms with Crippen LogP contribution in [0.2, 0.25) is 0 Å². The molecule has 1 heterocycles. The molecular weight excluding hydrogens is 222 g/mol. The van der Waals surface area contributed by atoms with Gasteiger partial charge in [0.2, 0.25) is 0 Å². The molecule has 0 bridgehead atoms. The highest BCUT2D eigenvalue weighted by Gasteiger charge is 2.16. The summed E-state index contributed by atoms with van der Waals surface area (Å²) in [5, 5.41) is 0. The molecule has 0 radical (unpaired) electrons. The number of anilines is 1. The zero-order valence-corrected chi connectivity index (χ0v) is 12.4. The van der Waals surface area contributed by atoms with E-state index >= 15 is 0 Å². The van der Waals surface area contributed by atoms with Crippen LogP contribution in [-0.2, 0) is 5.41 Å². The third-order valence-corrected chi connectivity index (χ3v) is 3.13. The second-order valence-electron chi connectivity index (χ2n) is 6.08. The molecule has 0 aromatic carbocycles. The van der Waals surface area contributed by atoms with Crippen LogP contribution in [0.5, 0.6) is 0 Å². The van der Waals surface area contributed by atoms with E-state index < -0.39 is 0 Å². The molecule has 0 aliphatic carbocycles. The molecule has 0 spiro atoms. The van der Waals surface area contributed by atoms with Crippen molar-refractivity contribution in [2.45, 2.75) is 52.5 Å². The summed E-state index contributed by atoms with van der Waals surface area (Å²) in [7, 11) is 0. The molecule has 0 saturated heterocycles. The number of nitrogens with two attached hydrogens (primary N) is 1. The Balaban J connectivity index is 2.87. The lowest BCUT2D eigenvalue weighted by molar-refractivity contribution is 0.586. The molecule has 102 valence electrons. The van der Waals surface area contributed by atoms with E-state index in [9.17, 15) is 0 Å². The Morgan fingerprint density at radius 3 is 2.33 bits per heavy atom. The summed E-state index contributed by atoms with van der Waals surface area (Å²) in [5.41, 5.74) is 7.02. The number of nitrogens with zero attached hydrogens (tertiary/aromatic N) is 2. The lowest BCUT2D eigenvalue weighted by Gasteiger charge is -2.28. The number of aromatic nitrogens is 1. The minimum Gasteiger partial charge on any atom is -0.354 e. The van der Waals surface area contributed by atoms with Gasteiger partial charge in [0.05, 0.1) is 0 Å². The van der Waals surface area contributed by atoms with Crippen molar-refractivity contribution in [1.29, 1.82) is 0 Å². The van der Waals surface area contributed by atoms with Crippen LogP contribution in [0, 0.1) is 0 Å². The van der Waals surface area contributed by atoms with Crippen LogP contribution < -0.4 is 10.6 Å². The molecule has 0 fully saturated rings. The molecule has 3 heteroatoms. The highest BCUT2D eigenvalue weighted by molar-refractivity contribution is 5.41. The van der Waals surface area contributed by atoms with Crippen LogP contribution in [-0.4, -0.2) is 24.1 Å². The molecule has 0 aliphatic heterocycles. The van der Waals surface area contributed by atoms with E-state index in [0.29, 0.717) is 6.04 Å². The van der Waals surface area contributed by atoms with Crippen molar-refractivity contribution in [3.8, 4) is 0 Å². The molecule has 2 N–H and O–H groups in total. The summed E-state index contributed by atoms with van der Waals surface area (Å²) in [6, 6.07) is 4.75. The smallest absolute Gasteiger partial charge is 0.128 e. The third kappa shape index (κ3) is 3.98. The van der Waals surface area contributed by atoms with Gasteiger partial charge < -0.3 is 10.6 Å². The number of hydrogen-bond acceptors (Lipinski definition) is 3. The van der Waals surface area contributed by atoms with Gasteiger partial charge >= 0.3 is 0 Å². The lowest BCUT2D eigenvalue weighted by Crippen LogP contribution is -2.33. The van der Waals surface area contributed by atoms with Crippen LogP contribution >= 0.6 is 0 Å². The first-order valence-electron chi connectivity index (χ1n) is 6.79. The van der Waals surface area contributed by atoms with Crippen molar-refractivity contribution in [2.75, 3.05) is 18.0 Å². The fourth-order valence-corrected chi connectivity index (χ4v) is 1.90. The Hall–Kier alpha value is -1.09. The van der Waals surface area contributed by atoms with Crippen LogP contribution in [0.4, 0.5) is 5.82 Å².